The van der Waals surface area contributed by atoms with E-state index in [1.165, 1.54) is 0 Å². The monoisotopic (exact) mass is 435 g/mol. The second kappa shape index (κ2) is 6.92. The van der Waals surface area contributed by atoms with E-state index in [4.69, 9.17) is 4.74 Å². The highest BCUT2D eigenvalue weighted by Crippen LogP contribution is 2.41. The molecule has 1 aromatic heterocycles. The first-order valence-electron chi connectivity index (χ1n) is 8.46. The van der Waals surface area contributed by atoms with Crippen molar-refractivity contribution in [2.75, 3.05) is 18.5 Å². The van der Waals surface area contributed by atoms with E-state index < -0.39 is 0 Å². The van der Waals surface area contributed by atoms with Gasteiger partial charge in [0.25, 0.3) is 5.91 Å². The Labute approximate surface area is 163 Å². The second-order valence-electron chi connectivity index (χ2n) is 6.18. The number of hydrogen-bond donors (Lipinski definition) is 2. The standard InChI is InChI=1S/C18H18BrN3O3S/c1-2-25-18(24)22-7-6-12-13(9-22)26-17-14(12)16(23)20-15(21-17)10-4-3-5-11(19)8-10/h3-5,8,15,21H,2,6-7,9H2,1H3,(H,20,23)/t15-/m0/s1. The number of anilines is 1. The third-order valence-electron chi connectivity index (χ3n) is 4.54. The Morgan fingerprint density at radius 2 is 2.27 bits per heavy atom. The lowest BCUT2D eigenvalue weighted by Crippen LogP contribution is -2.39. The first-order chi connectivity index (χ1) is 12.6. The molecule has 2 aliphatic heterocycles. The number of thiophene rings is 1. The SMILES string of the molecule is CCOC(=O)N1CCc2c(sc3c2C(=O)N[C@H](c2cccc(Br)c2)N3)C1. The van der Waals surface area contributed by atoms with Crippen LogP contribution in [0.25, 0.3) is 0 Å². The molecule has 0 saturated carbocycles. The van der Waals surface area contributed by atoms with Crippen LogP contribution in [0.5, 0.6) is 0 Å². The van der Waals surface area contributed by atoms with Gasteiger partial charge in [-0.1, -0.05) is 28.1 Å². The number of hydrogen-bond acceptors (Lipinski definition) is 5. The molecule has 2 aliphatic rings. The number of nitrogens with zero attached hydrogens (tertiary/aromatic N) is 1. The van der Waals surface area contributed by atoms with Crippen LogP contribution in [0.2, 0.25) is 0 Å². The maximum atomic E-state index is 12.7. The van der Waals surface area contributed by atoms with E-state index in [0.717, 1.165) is 31.0 Å². The lowest BCUT2D eigenvalue weighted by molar-refractivity contribution is 0.0934. The fraction of sp³-hybridized carbons (Fsp3) is 0.333. The van der Waals surface area contributed by atoms with Crippen molar-refractivity contribution in [2.45, 2.75) is 26.1 Å². The van der Waals surface area contributed by atoms with E-state index in [-0.39, 0.29) is 18.2 Å². The van der Waals surface area contributed by atoms with Crippen LogP contribution in [-0.4, -0.2) is 30.1 Å². The zero-order valence-electron chi connectivity index (χ0n) is 14.2. The van der Waals surface area contributed by atoms with Crippen LogP contribution in [0.3, 0.4) is 0 Å². The van der Waals surface area contributed by atoms with Gasteiger partial charge in [0, 0.05) is 15.9 Å². The van der Waals surface area contributed by atoms with E-state index in [9.17, 15) is 9.59 Å². The third-order valence-corrected chi connectivity index (χ3v) is 6.18. The highest BCUT2D eigenvalue weighted by atomic mass is 79.9. The highest BCUT2D eigenvalue weighted by molar-refractivity contribution is 9.10. The molecular weight excluding hydrogens is 418 g/mol. The summed E-state index contributed by atoms with van der Waals surface area (Å²) in [6.45, 7) is 3.22. The number of nitrogens with one attached hydrogen (secondary N) is 2. The third kappa shape index (κ3) is 3.07. The first kappa shape index (κ1) is 17.4. The summed E-state index contributed by atoms with van der Waals surface area (Å²) >= 11 is 5.02. The van der Waals surface area contributed by atoms with Crippen molar-refractivity contribution in [3.05, 3.63) is 50.3 Å². The number of ether oxygens (including phenoxy) is 1. The summed E-state index contributed by atoms with van der Waals surface area (Å²) in [5.74, 6) is -0.0641. The van der Waals surface area contributed by atoms with Crippen LogP contribution in [0.1, 0.15) is 39.5 Å². The maximum absolute atomic E-state index is 12.7. The number of halogens is 1. The van der Waals surface area contributed by atoms with Gasteiger partial charge < -0.3 is 20.3 Å². The summed E-state index contributed by atoms with van der Waals surface area (Å²) in [5.41, 5.74) is 2.75. The van der Waals surface area contributed by atoms with E-state index in [2.05, 4.69) is 26.6 Å². The summed E-state index contributed by atoms with van der Waals surface area (Å²) < 4.78 is 6.06. The quantitative estimate of drug-likeness (QED) is 0.750. The van der Waals surface area contributed by atoms with Crippen molar-refractivity contribution >= 4 is 44.3 Å². The number of amides is 2. The van der Waals surface area contributed by atoms with Crippen LogP contribution in [-0.2, 0) is 17.7 Å². The van der Waals surface area contributed by atoms with Crippen molar-refractivity contribution in [3.63, 3.8) is 0 Å². The second-order valence-corrected chi connectivity index (χ2v) is 8.21. The van der Waals surface area contributed by atoms with Crippen molar-refractivity contribution in [1.82, 2.24) is 10.2 Å². The van der Waals surface area contributed by atoms with E-state index in [1.54, 1.807) is 23.2 Å². The fourth-order valence-corrected chi connectivity index (χ4v) is 5.05. The molecule has 0 bridgehead atoms. The lowest BCUT2D eigenvalue weighted by atomic mass is 10.0. The van der Waals surface area contributed by atoms with Gasteiger partial charge in [-0.05, 0) is 36.6 Å². The van der Waals surface area contributed by atoms with Gasteiger partial charge in [-0.2, -0.15) is 0 Å². The minimum absolute atomic E-state index is 0.0641. The molecular formula is C18H18BrN3O3S. The van der Waals surface area contributed by atoms with E-state index >= 15 is 0 Å². The predicted molar refractivity (Wildman–Crippen MR) is 103 cm³/mol. The Morgan fingerprint density at radius 1 is 1.42 bits per heavy atom. The van der Waals surface area contributed by atoms with Crippen LogP contribution >= 0.6 is 27.3 Å². The summed E-state index contributed by atoms with van der Waals surface area (Å²) in [4.78, 5) is 27.5. The molecule has 0 spiro atoms. The zero-order chi connectivity index (χ0) is 18.3. The Bertz CT molecular complexity index is 883. The van der Waals surface area contributed by atoms with Gasteiger partial charge in [0.2, 0.25) is 0 Å². The topological polar surface area (TPSA) is 70.7 Å². The van der Waals surface area contributed by atoms with Gasteiger partial charge in [-0.25, -0.2) is 4.79 Å². The van der Waals surface area contributed by atoms with Gasteiger partial charge in [0.15, 0.2) is 0 Å². The van der Waals surface area contributed by atoms with Gasteiger partial charge in [0.05, 0.1) is 18.7 Å². The zero-order valence-corrected chi connectivity index (χ0v) is 16.6. The summed E-state index contributed by atoms with van der Waals surface area (Å²) in [5, 5.41) is 7.34. The van der Waals surface area contributed by atoms with Crippen molar-refractivity contribution in [3.8, 4) is 0 Å². The molecule has 0 fully saturated rings. The largest absolute Gasteiger partial charge is 0.450 e. The van der Waals surface area contributed by atoms with Crippen LogP contribution in [0.4, 0.5) is 9.80 Å². The molecule has 0 aliphatic carbocycles. The fourth-order valence-electron chi connectivity index (χ4n) is 3.34. The molecule has 1 aromatic carbocycles. The molecule has 26 heavy (non-hydrogen) atoms. The van der Waals surface area contributed by atoms with E-state index in [0.29, 0.717) is 26.1 Å². The molecule has 0 saturated heterocycles. The van der Waals surface area contributed by atoms with Crippen molar-refractivity contribution in [1.29, 1.82) is 0 Å². The molecule has 8 heteroatoms. The average molecular weight is 436 g/mol. The van der Waals surface area contributed by atoms with Crippen molar-refractivity contribution in [2.24, 2.45) is 0 Å². The molecule has 3 heterocycles. The van der Waals surface area contributed by atoms with Crippen molar-refractivity contribution < 1.29 is 14.3 Å². The van der Waals surface area contributed by atoms with Crippen LogP contribution in [0.15, 0.2) is 28.7 Å². The Balaban J connectivity index is 1.61. The summed E-state index contributed by atoms with van der Waals surface area (Å²) in [7, 11) is 0. The Hall–Kier alpha value is -2.06. The van der Waals surface area contributed by atoms with Crippen LogP contribution < -0.4 is 10.6 Å². The Morgan fingerprint density at radius 3 is 3.04 bits per heavy atom. The minimum Gasteiger partial charge on any atom is -0.450 e. The first-order valence-corrected chi connectivity index (χ1v) is 10.1. The smallest absolute Gasteiger partial charge is 0.410 e. The molecule has 2 amide bonds. The number of fused-ring (bicyclic) bond motifs is 3. The molecule has 2 N–H and O–H groups in total. The molecule has 1 atom stereocenters. The molecule has 4 rings (SSSR count). The Kier molecular flexibility index (Phi) is 4.62. The van der Waals surface area contributed by atoms with Gasteiger partial charge >= 0.3 is 6.09 Å². The maximum Gasteiger partial charge on any atom is 0.410 e. The average Bonchev–Trinajstić information content (AvgIpc) is 2.99. The summed E-state index contributed by atoms with van der Waals surface area (Å²) in [6, 6.07) is 7.86. The number of benzene rings is 1. The molecule has 6 nitrogen and oxygen atoms in total. The number of carbonyl (C=O) groups is 2. The van der Waals surface area contributed by atoms with Gasteiger partial charge in [-0.3, -0.25) is 4.79 Å². The van der Waals surface area contributed by atoms with Gasteiger partial charge in [-0.15, -0.1) is 11.3 Å². The normalized spacial score (nSPS) is 18.5. The van der Waals surface area contributed by atoms with Gasteiger partial charge in [0.1, 0.15) is 11.2 Å². The molecule has 0 radical (unpaired) electrons. The lowest BCUT2D eigenvalue weighted by Gasteiger charge is -2.28. The summed E-state index contributed by atoms with van der Waals surface area (Å²) in [6.07, 6.45) is 0.0964. The predicted octanol–water partition coefficient (Wildman–Crippen LogP) is 3.88. The number of carbonyl (C=O) groups excluding carboxylic acids is 2. The number of rotatable bonds is 2. The molecule has 0 unspecified atom stereocenters. The minimum atomic E-state index is -0.297. The molecule has 136 valence electrons. The highest BCUT2D eigenvalue weighted by Gasteiger charge is 2.34. The molecule has 2 aromatic rings. The van der Waals surface area contributed by atoms with E-state index in [1.807, 2.05) is 24.3 Å². The van der Waals surface area contributed by atoms with Crippen LogP contribution in [0, 0.1) is 0 Å².